The van der Waals surface area contributed by atoms with Crippen LogP contribution in [0, 0.1) is 6.92 Å². The highest BCUT2D eigenvalue weighted by atomic mass is 32.1. The van der Waals surface area contributed by atoms with Crippen molar-refractivity contribution in [3.05, 3.63) is 58.4 Å². The number of aryl methyl sites for hydroxylation is 1. The van der Waals surface area contributed by atoms with Crippen LogP contribution in [0.25, 0.3) is 10.2 Å². The number of nitrogens with one attached hydrogen (secondary N) is 1. The molecule has 1 aromatic carbocycles. The molecule has 3 aromatic rings. The van der Waals surface area contributed by atoms with Crippen LogP contribution >= 0.6 is 11.3 Å². The second-order valence-corrected chi connectivity index (χ2v) is 9.79. The molecule has 33 heavy (non-hydrogen) atoms. The van der Waals surface area contributed by atoms with Crippen molar-refractivity contribution in [2.75, 3.05) is 19.6 Å². The summed E-state index contributed by atoms with van der Waals surface area (Å²) in [6.45, 7) is 1.92. The Morgan fingerprint density at radius 3 is 2.55 bits per heavy atom. The predicted molar refractivity (Wildman–Crippen MR) is 122 cm³/mol. The van der Waals surface area contributed by atoms with E-state index in [9.17, 15) is 18.0 Å². The molecular formula is C24H25F3N4OS. The topological polar surface area (TPSA) is 58.1 Å². The summed E-state index contributed by atoms with van der Waals surface area (Å²) >= 11 is 1.60. The molecule has 2 fully saturated rings. The van der Waals surface area contributed by atoms with E-state index in [4.69, 9.17) is 0 Å². The number of nitrogens with zero attached hydrogens (tertiary/aromatic N) is 3. The van der Waals surface area contributed by atoms with Crippen LogP contribution in [-0.2, 0) is 0 Å². The van der Waals surface area contributed by atoms with Gasteiger partial charge in [0.25, 0.3) is 5.91 Å². The molecule has 174 valence electrons. The molecule has 1 amide bonds. The highest BCUT2D eigenvalue weighted by Gasteiger charge is 2.42. The number of halogens is 3. The standard InChI is InChI=1S/C24H25F3N4OS/c1-14-29-21(18-8-11-33-22(18)30-14)20-12-19(20)15-2-4-16(5-3-15)23(32)31(13-24(25,26)27)17-6-9-28-10-7-17/h2-5,8,11,17,19-20,28H,6-7,9-10,12-13H2,1H3. The van der Waals surface area contributed by atoms with E-state index in [1.807, 2.05) is 24.4 Å². The SMILES string of the molecule is Cc1nc(C2CC2c2ccc(C(=O)N(CC(F)(F)F)C3CCNCC3)cc2)c2ccsc2n1. The molecule has 5 rings (SSSR count). The van der Waals surface area contributed by atoms with Gasteiger partial charge in [-0.25, -0.2) is 9.97 Å². The Balaban J connectivity index is 1.33. The van der Waals surface area contributed by atoms with Crippen molar-refractivity contribution in [2.45, 2.75) is 50.2 Å². The van der Waals surface area contributed by atoms with Crippen molar-refractivity contribution in [3.63, 3.8) is 0 Å². The zero-order valence-corrected chi connectivity index (χ0v) is 19.0. The van der Waals surface area contributed by atoms with Gasteiger partial charge in [0.15, 0.2) is 0 Å². The van der Waals surface area contributed by atoms with Crippen molar-refractivity contribution >= 4 is 27.5 Å². The van der Waals surface area contributed by atoms with Gasteiger partial charge in [-0.15, -0.1) is 11.3 Å². The molecule has 2 unspecified atom stereocenters. The number of carbonyl (C=O) groups is 1. The van der Waals surface area contributed by atoms with Crippen molar-refractivity contribution < 1.29 is 18.0 Å². The van der Waals surface area contributed by atoms with E-state index >= 15 is 0 Å². The number of alkyl halides is 3. The highest BCUT2D eigenvalue weighted by molar-refractivity contribution is 7.16. The maximum atomic E-state index is 13.2. The van der Waals surface area contributed by atoms with E-state index in [1.165, 1.54) is 0 Å². The average molecular weight is 475 g/mol. The molecule has 1 N–H and O–H groups in total. The average Bonchev–Trinajstić information content (AvgIpc) is 3.46. The Morgan fingerprint density at radius 1 is 1.12 bits per heavy atom. The molecule has 9 heteroatoms. The van der Waals surface area contributed by atoms with Gasteiger partial charge in [0.1, 0.15) is 17.2 Å². The summed E-state index contributed by atoms with van der Waals surface area (Å²) in [5, 5.41) is 6.26. The Morgan fingerprint density at radius 2 is 1.85 bits per heavy atom. The number of benzene rings is 1. The number of fused-ring (bicyclic) bond motifs is 1. The molecule has 0 radical (unpaired) electrons. The first-order valence-electron chi connectivity index (χ1n) is 11.2. The Labute approximate surface area is 194 Å². The van der Waals surface area contributed by atoms with Gasteiger partial charge in [-0.3, -0.25) is 4.79 Å². The molecule has 1 aliphatic heterocycles. The molecule has 1 saturated carbocycles. The molecule has 0 bridgehead atoms. The second-order valence-electron chi connectivity index (χ2n) is 8.90. The molecule has 3 heterocycles. The zero-order chi connectivity index (χ0) is 23.2. The van der Waals surface area contributed by atoms with Crippen LogP contribution in [0.4, 0.5) is 13.2 Å². The van der Waals surface area contributed by atoms with Gasteiger partial charge in [0.2, 0.25) is 0 Å². The fourth-order valence-electron chi connectivity index (χ4n) is 4.85. The number of amides is 1. The number of piperidine rings is 1. The molecule has 1 saturated heterocycles. The van der Waals surface area contributed by atoms with Gasteiger partial charge in [-0.1, -0.05) is 12.1 Å². The van der Waals surface area contributed by atoms with Crippen LogP contribution < -0.4 is 5.32 Å². The van der Waals surface area contributed by atoms with Gasteiger partial charge < -0.3 is 10.2 Å². The lowest BCUT2D eigenvalue weighted by Crippen LogP contribution is -2.49. The van der Waals surface area contributed by atoms with Gasteiger partial charge >= 0.3 is 6.18 Å². The summed E-state index contributed by atoms with van der Waals surface area (Å²) in [6.07, 6.45) is -2.41. The Bertz CT molecular complexity index is 1150. The van der Waals surface area contributed by atoms with E-state index in [2.05, 4.69) is 21.4 Å². The first kappa shape index (κ1) is 22.3. The molecule has 1 aliphatic carbocycles. The number of hydrogen-bond acceptors (Lipinski definition) is 5. The minimum Gasteiger partial charge on any atom is -0.326 e. The summed E-state index contributed by atoms with van der Waals surface area (Å²) in [5.74, 6) is 0.794. The van der Waals surface area contributed by atoms with Crippen LogP contribution in [0.2, 0.25) is 0 Å². The molecule has 0 spiro atoms. The maximum Gasteiger partial charge on any atom is 0.406 e. The van der Waals surface area contributed by atoms with E-state index in [1.54, 1.807) is 23.5 Å². The lowest BCUT2D eigenvalue weighted by atomic mass is 10.0. The normalized spacial score (nSPS) is 21.3. The first-order chi connectivity index (χ1) is 15.8. The predicted octanol–water partition coefficient (Wildman–Crippen LogP) is 5.03. The van der Waals surface area contributed by atoms with Gasteiger partial charge in [-0.05, 0) is 74.3 Å². The number of rotatable bonds is 5. The van der Waals surface area contributed by atoms with E-state index in [0.29, 0.717) is 43.3 Å². The summed E-state index contributed by atoms with van der Waals surface area (Å²) in [7, 11) is 0. The third-order valence-corrected chi connectivity index (χ3v) is 7.36. The molecule has 2 aliphatic rings. The Hall–Kier alpha value is -2.52. The lowest BCUT2D eigenvalue weighted by molar-refractivity contribution is -0.145. The van der Waals surface area contributed by atoms with Gasteiger partial charge in [0.05, 0.1) is 5.69 Å². The Kier molecular flexibility index (Phi) is 5.86. The highest BCUT2D eigenvalue weighted by Crippen LogP contribution is 2.55. The maximum absolute atomic E-state index is 13.2. The molecule has 2 aromatic heterocycles. The minimum absolute atomic E-state index is 0.293. The lowest BCUT2D eigenvalue weighted by Gasteiger charge is -2.35. The number of aromatic nitrogens is 2. The third kappa shape index (κ3) is 4.75. The minimum atomic E-state index is -4.43. The van der Waals surface area contributed by atoms with E-state index in [0.717, 1.165) is 38.6 Å². The molecule has 5 nitrogen and oxygen atoms in total. The monoisotopic (exact) mass is 474 g/mol. The van der Waals surface area contributed by atoms with Gasteiger partial charge in [-0.2, -0.15) is 13.2 Å². The third-order valence-electron chi connectivity index (χ3n) is 6.55. The quantitative estimate of drug-likeness (QED) is 0.564. The van der Waals surface area contributed by atoms with Crippen molar-refractivity contribution in [2.24, 2.45) is 0 Å². The second kappa shape index (κ2) is 8.68. The number of thiophene rings is 1. The summed E-state index contributed by atoms with van der Waals surface area (Å²) < 4.78 is 39.6. The van der Waals surface area contributed by atoms with Crippen molar-refractivity contribution in [1.82, 2.24) is 20.2 Å². The number of carbonyl (C=O) groups excluding carboxylic acids is 1. The molecule has 2 atom stereocenters. The summed E-state index contributed by atoms with van der Waals surface area (Å²) in [5.41, 5.74) is 2.45. The van der Waals surface area contributed by atoms with E-state index in [-0.39, 0.29) is 0 Å². The van der Waals surface area contributed by atoms with Gasteiger partial charge in [0, 0.05) is 22.9 Å². The molecular weight excluding hydrogens is 449 g/mol. The fraction of sp³-hybridized carbons (Fsp3) is 0.458. The van der Waals surface area contributed by atoms with Crippen molar-refractivity contribution in [3.8, 4) is 0 Å². The smallest absolute Gasteiger partial charge is 0.326 e. The number of hydrogen-bond donors (Lipinski definition) is 1. The van der Waals surface area contributed by atoms with Crippen LogP contribution in [0.15, 0.2) is 35.7 Å². The fourth-order valence-corrected chi connectivity index (χ4v) is 5.67. The zero-order valence-electron chi connectivity index (χ0n) is 18.2. The van der Waals surface area contributed by atoms with Crippen LogP contribution in [-0.4, -0.2) is 52.6 Å². The van der Waals surface area contributed by atoms with Crippen LogP contribution in [0.3, 0.4) is 0 Å². The van der Waals surface area contributed by atoms with Crippen molar-refractivity contribution in [1.29, 1.82) is 0 Å². The van der Waals surface area contributed by atoms with Crippen LogP contribution in [0.1, 0.15) is 58.5 Å². The van der Waals surface area contributed by atoms with Crippen LogP contribution in [0.5, 0.6) is 0 Å². The first-order valence-corrected chi connectivity index (χ1v) is 12.1. The summed E-state index contributed by atoms with van der Waals surface area (Å²) in [6, 6.07) is 8.76. The summed E-state index contributed by atoms with van der Waals surface area (Å²) in [4.78, 5) is 24.2. The van der Waals surface area contributed by atoms with E-state index < -0.39 is 24.7 Å². The largest absolute Gasteiger partial charge is 0.406 e.